The van der Waals surface area contributed by atoms with Crippen LogP contribution in [-0.2, 0) is 27.2 Å². The van der Waals surface area contributed by atoms with Gasteiger partial charge in [-0.05, 0) is 73.9 Å². The standard InChI is InChI=1S/C28H27ClFN3O3S.CH3NO/c1-32-18(7-3-16-11-24(35-2)26-25(12-16)37-28(33-26)17-5-6-17)13-19-20(27(31)34)14-36-23(19)10-15-4-8-22(30)21(29)9-15;2-1-3/h4,8-9,11-13,17,20H,1,3,5-7,10,14H2,2H3,(H2,31,34);1H,(H2,2,3)/b18-13-;. The summed E-state index contributed by atoms with van der Waals surface area (Å²) in [5, 5.41) is 1.21. The van der Waals surface area contributed by atoms with E-state index in [9.17, 15) is 9.18 Å². The zero-order valence-corrected chi connectivity index (χ0v) is 23.6. The van der Waals surface area contributed by atoms with Gasteiger partial charge in [-0.25, -0.2) is 9.37 Å². The number of carbonyl (C=O) groups excluding carboxylic acids is 2. The third-order valence-electron chi connectivity index (χ3n) is 6.69. The number of thiazole rings is 1. The van der Waals surface area contributed by atoms with E-state index in [0.717, 1.165) is 27.1 Å². The first kappa shape index (κ1) is 29.2. The molecule has 4 N–H and O–H groups in total. The van der Waals surface area contributed by atoms with Crippen LogP contribution in [0.2, 0.25) is 5.02 Å². The van der Waals surface area contributed by atoms with Crippen molar-refractivity contribution in [2.45, 2.75) is 38.0 Å². The van der Waals surface area contributed by atoms with Gasteiger partial charge in [-0.1, -0.05) is 17.7 Å². The Labute approximate surface area is 240 Å². The summed E-state index contributed by atoms with van der Waals surface area (Å²) >= 11 is 7.68. The van der Waals surface area contributed by atoms with Gasteiger partial charge in [-0.3, -0.25) is 14.6 Å². The lowest BCUT2D eigenvalue weighted by Gasteiger charge is -2.09. The van der Waals surface area contributed by atoms with Crippen LogP contribution in [0, 0.1) is 11.7 Å². The third-order valence-corrected chi connectivity index (χ3v) is 8.15. The Balaban J connectivity index is 0.00000118. The van der Waals surface area contributed by atoms with Crippen molar-refractivity contribution in [1.82, 2.24) is 4.98 Å². The molecule has 0 bridgehead atoms. The minimum Gasteiger partial charge on any atom is -0.496 e. The Morgan fingerprint density at radius 3 is 2.70 bits per heavy atom. The summed E-state index contributed by atoms with van der Waals surface area (Å²) in [6.45, 7) is 3.89. The lowest BCUT2D eigenvalue weighted by molar-refractivity contribution is -0.121. The number of carbonyl (C=O) groups is 2. The maximum absolute atomic E-state index is 13.6. The van der Waals surface area contributed by atoms with Crippen molar-refractivity contribution in [3.05, 3.63) is 80.4 Å². The van der Waals surface area contributed by atoms with Gasteiger partial charge in [0, 0.05) is 23.6 Å². The van der Waals surface area contributed by atoms with E-state index in [1.165, 1.54) is 23.9 Å². The number of hydrogen-bond donors (Lipinski definition) is 2. The number of fused-ring (bicyclic) bond motifs is 1. The summed E-state index contributed by atoms with van der Waals surface area (Å²) in [4.78, 5) is 29.8. The van der Waals surface area contributed by atoms with Crippen LogP contribution in [0.4, 0.5) is 4.39 Å². The molecule has 2 heterocycles. The first-order valence-electron chi connectivity index (χ1n) is 12.7. The second kappa shape index (κ2) is 13.1. The van der Waals surface area contributed by atoms with E-state index in [2.05, 4.69) is 23.5 Å². The van der Waals surface area contributed by atoms with E-state index in [4.69, 9.17) is 36.6 Å². The normalized spacial score (nSPS) is 16.8. The lowest BCUT2D eigenvalue weighted by Crippen LogP contribution is -2.25. The molecule has 2 amide bonds. The van der Waals surface area contributed by atoms with Crippen LogP contribution < -0.4 is 16.2 Å². The molecule has 2 aromatic carbocycles. The average molecular weight is 585 g/mol. The maximum atomic E-state index is 13.6. The zero-order chi connectivity index (χ0) is 28.8. The molecule has 0 radical (unpaired) electrons. The van der Waals surface area contributed by atoms with Crippen molar-refractivity contribution in [2.24, 2.45) is 22.4 Å². The Kier molecular flexibility index (Phi) is 9.54. The van der Waals surface area contributed by atoms with Gasteiger partial charge in [0.05, 0.1) is 21.8 Å². The number of hydrogen-bond acceptors (Lipinski definition) is 7. The highest BCUT2D eigenvalue weighted by atomic mass is 35.5. The minimum atomic E-state index is -0.600. The highest BCUT2D eigenvalue weighted by molar-refractivity contribution is 7.18. The SMILES string of the molecule is C=N/C(=C\C1=C(Cc2ccc(F)c(Cl)c2)OCC1C(N)=O)CCc1cc(OC)c2nc(C3CC3)sc2c1.NC=O. The number of primary amides is 2. The lowest BCUT2D eigenvalue weighted by atomic mass is 9.95. The van der Waals surface area contributed by atoms with E-state index >= 15 is 0 Å². The number of aromatic nitrogens is 1. The van der Waals surface area contributed by atoms with Crippen LogP contribution in [0.3, 0.4) is 0 Å². The largest absolute Gasteiger partial charge is 0.496 e. The molecule has 1 aliphatic heterocycles. The van der Waals surface area contributed by atoms with Crippen LogP contribution in [0.5, 0.6) is 5.75 Å². The molecule has 1 aliphatic carbocycles. The van der Waals surface area contributed by atoms with Gasteiger partial charge < -0.3 is 20.9 Å². The molecule has 11 heteroatoms. The average Bonchev–Trinajstić information content (AvgIpc) is 3.58. The fraction of sp³-hybridized carbons (Fsp3) is 0.310. The van der Waals surface area contributed by atoms with Gasteiger partial charge in [0.2, 0.25) is 12.3 Å². The number of halogens is 2. The molecule has 40 heavy (non-hydrogen) atoms. The van der Waals surface area contributed by atoms with Crippen LogP contribution in [0.25, 0.3) is 10.2 Å². The van der Waals surface area contributed by atoms with Crippen molar-refractivity contribution in [1.29, 1.82) is 0 Å². The first-order valence-corrected chi connectivity index (χ1v) is 13.9. The molecule has 5 rings (SSSR count). The molecule has 0 spiro atoms. The van der Waals surface area contributed by atoms with Crippen molar-refractivity contribution >= 4 is 52.2 Å². The van der Waals surface area contributed by atoms with Crippen molar-refractivity contribution in [3.63, 3.8) is 0 Å². The van der Waals surface area contributed by atoms with Crippen LogP contribution in [-0.4, -0.2) is 37.7 Å². The van der Waals surface area contributed by atoms with Crippen molar-refractivity contribution in [3.8, 4) is 5.75 Å². The van der Waals surface area contributed by atoms with Crippen LogP contribution in [0.15, 0.2) is 58.4 Å². The molecule has 1 aromatic heterocycles. The third kappa shape index (κ3) is 6.86. The molecular formula is C29H30ClFN4O4S. The number of aryl methyl sites for hydroxylation is 1. The summed E-state index contributed by atoms with van der Waals surface area (Å²) in [6, 6.07) is 8.69. The second-order valence-electron chi connectivity index (χ2n) is 9.47. The van der Waals surface area contributed by atoms with Gasteiger partial charge in [0.1, 0.15) is 35.4 Å². The van der Waals surface area contributed by atoms with E-state index in [1.807, 2.05) is 12.1 Å². The van der Waals surface area contributed by atoms with E-state index in [1.54, 1.807) is 30.6 Å². The van der Waals surface area contributed by atoms with Gasteiger partial charge in [0.15, 0.2) is 0 Å². The highest BCUT2D eigenvalue weighted by Crippen LogP contribution is 2.45. The van der Waals surface area contributed by atoms with Crippen molar-refractivity contribution in [2.75, 3.05) is 13.7 Å². The van der Waals surface area contributed by atoms with Gasteiger partial charge in [-0.2, -0.15) is 0 Å². The number of nitrogens with zero attached hydrogens (tertiary/aromatic N) is 2. The number of nitrogens with two attached hydrogens (primary N) is 2. The smallest absolute Gasteiger partial charge is 0.228 e. The van der Waals surface area contributed by atoms with Crippen LogP contribution >= 0.6 is 22.9 Å². The number of methoxy groups -OCH3 is 1. The summed E-state index contributed by atoms with van der Waals surface area (Å²) in [7, 11) is 1.66. The predicted octanol–water partition coefficient (Wildman–Crippen LogP) is 5.22. The fourth-order valence-electron chi connectivity index (χ4n) is 4.48. The molecule has 8 nitrogen and oxygen atoms in total. The molecular weight excluding hydrogens is 555 g/mol. The molecule has 1 atom stereocenters. The maximum Gasteiger partial charge on any atom is 0.228 e. The highest BCUT2D eigenvalue weighted by Gasteiger charge is 2.31. The molecule has 1 unspecified atom stereocenters. The Hall–Kier alpha value is -3.76. The van der Waals surface area contributed by atoms with E-state index in [-0.39, 0.29) is 18.0 Å². The van der Waals surface area contributed by atoms with E-state index < -0.39 is 17.6 Å². The molecule has 210 valence electrons. The summed E-state index contributed by atoms with van der Waals surface area (Å²) in [6.07, 6.45) is 6.14. The number of amides is 2. The Bertz CT molecular complexity index is 1500. The van der Waals surface area contributed by atoms with E-state index in [0.29, 0.717) is 42.2 Å². The second-order valence-corrected chi connectivity index (χ2v) is 10.9. The fourth-order valence-corrected chi connectivity index (χ4v) is 5.90. The summed E-state index contributed by atoms with van der Waals surface area (Å²) in [5.74, 6) is 0.384. The number of rotatable bonds is 10. The Morgan fingerprint density at radius 2 is 2.08 bits per heavy atom. The Morgan fingerprint density at radius 1 is 1.32 bits per heavy atom. The predicted molar refractivity (Wildman–Crippen MR) is 155 cm³/mol. The number of ether oxygens (including phenoxy) is 2. The molecule has 1 saturated carbocycles. The topological polar surface area (TPSA) is 130 Å². The number of aliphatic imine (C=N–C) groups is 1. The number of allylic oxidation sites excluding steroid dienone is 3. The monoisotopic (exact) mass is 584 g/mol. The summed E-state index contributed by atoms with van der Waals surface area (Å²) < 4.78 is 26.2. The van der Waals surface area contributed by atoms with Crippen molar-refractivity contribution < 1.29 is 23.5 Å². The minimum absolute atomic E-state index is 0.0330. The van der Waals surface area contributed by atoms with Gasteiger partial charge >= 0.3 is 0 Å². The first-order chi connectivity index (χ1) is 19.3. The summed E-state index contributed by atoms with van der Waals surface area (Å²) in [5.41, 5.74) is 14.0. The van der Waals surface area contributed by atoms with Gasteiger partial charge in [-0.15, -0.1) is 11.3 Å². The van der Waals surface area contributed by atoms with Crippen LogP contribution in [0.1, 0.15) is 41.3 Å². The quantitative estimate of drug-likeness (QED) is 0.249. The molecule has 0 saturated heterocycles. The molecule has 1 fully saturated rings. The number of benzene rings is 2. The van der Waals surface area contributed by atoms with Gasteiger partial charge in [0.25, 0.3) is 0 Å². The zero-order valence-electron chi connectivity index (χ0n) is 22.0. The molecule has 2 aliphatic rings. The molecule has 3 aromatic rings.